The van der Waals surface area contributed by atoms with Gasteiger partial charge in [-0.15, -0.1) is 0 Å². The van der Waals surface area contributed by atoms with Crippen molar-refractivity contribution in [3.05, 3.63) is 59.7 Å². The molecule has 1 saturated heterocycles. The summed E-state index contributed by atoms with van der Waals surface area (Å²) >= 11 is 0. The number of nitrogens with zero attached hydrogens (tertiary/aromatic N) is 1. The maximum Gasteiger partial charge on any atom is 0.308 e. The molecule has 6 heteroatoms. The van der Waals surface area contributed by atoms with Crippen molar-refractivity contribution in [2.45, 2.75) is 12.3 Å². The van der Waals surface area contributed by atoms with Crippen molar-refractivity contribution in [1.29, 1.82) is 0 Å². The van der Waals surface area contributed by atoms with Crippen LogP contribution in [0, 0.1) is 5.92 Å². The third-order valence-corrected chi connectivity index (χ3v) is 5.04. The molecule has 1 aliphatic rings. The zero-order chi connectivity index (χ0) is 19.4. The number of hydrogen-bond acceptors (Lipinski definition) is 4. The van der Waals surface area contributed by atoms with Gasteiger partial charge in [0.1, 0.15) is 0 Å². The molecule has 1 fully saturated rings. The highest BCUT2D eigenvalue weighted by molar-refractivity contribution is 5.82. The molecule has 0 spiro atoms. The van der Waals surface area contributed by atoms with Gasteiger partial charge in [-0.1, -0.05) is 42.5 Å². The lowest BCUT2D eigenvalue weighted by Gasteiger charge is -2.18. The van der Waals surface area contributed by atoms with Crippen LogP contribution in [0.25, 0.3) is 0 Å². The van der Waals surface area contributed by atoms with Crippen LogP contribution in [0.1, 0.15) is 17.0 Å². The number of rotatable bonds is 6. The molecule has 1 heterocycles. The third kappa shape index (κ3) is 3.89. The molecule has 0 saturated carbocycles. The number of amides is 1. The second kappa shape index (κ2) is 8.12. The minimum Gasteiger partial charge on any atom is -0.493 e. The van der Waals surface area contributed by atoms with E-state index in [1.54, 1.807) is 24.1 Å². The molecule has 1 aliphatic heterocycles. The number of para-hydroxylation sites is 1. The summed E-state index contributed by atoms with van der Waals surface area (Å²) in [5.74, 6) is -0.718. The Balaban J connectivity index is 1.79. The van der Waals surface area contributed by atoms with Crippen molar-refractivity contribution in [3.8, 4) is 11.5 Å². The monoisotopic (exact) mass is 369 g/mol. The molecule has 1 amide bonds. The highest BCUT2D eigenvalue weighted by Crippen LogP contribution is 2.35. The summed E-state index contributed by atoms with van der Waals surface area (Å²) in [6.07, 6.45) is 0.133. The van der Waals surface area contributed by atoms with E-state index in [0.29, 0.717) is 18.0 Å². The van der Waals surface area contributed by atoms with Crippen LogP contribution in [0.3, 0.4) is 0 Å². The lowest BCUT2D eigenvalue weighted by Crippen LogP contribution is -2.31. The van der Waals surface area contributed by atoms with Crippen LogP contribution < -0.4 is 9.47 Å². The van der Waals surface area contributed by atoms with Gasteiger partial charge >= 0.3 is 5.97 Å². The van der Waals surface area contributed by atoms with Crippen molar-refractivity contribution in [1.82, 2.24) is 4.90 Å². The molecular formula is C21H23NO5. The Labute approximate surface area is 158 Å². The molecule has 142 valence electrons. The Morgan fingerprint density at radius 1 is 1.04 bits per heavy atom. The van der Waals surface area contributed by atoms with Gasteiger partial charge in [0.2, 0.25) is 5.91 Å². The number of hydrogen-bond donors (Lipinski definition) is 1. The van der Waals surface area contributed by atoms with Gasteiger partial charge in [0, 0.05) is 24.6 Å². The number of carboxylic acid groups (broad SMARTS) is 1. The summed E-state index contributed by atoms with van der Waals surface area (Å²) < 4.78 is 10.7. The topological polar surface area (TPSA) is 76.1 Å². The molecule has 2 aromatic carbocycles. The number of methoxy groups -OCH3 is 2. The first-order valence-electron chi connectivity index (χ1n) is 8.80. The average Bonchev–Trinajstić information content (AvgIpc) is 3.14. The molecule has 0 radical (unpaired) electrons. The summed E-state index contributed by atoms with van der Waals surface area (Å²) in [7, 11) is 3.08. The van der Waals surface area contributed by atoms with Crippen molar-refractivity contribution in [3.63, 3.8) is 0 Å². The molecule has 1 N–H and O–H groups in total. The molecule has 27 heavy (non-hydrogen) atoms. The number of carbonyl (C=O) groups is 2. The Bertz CT molecular complexity index is 821. The summed E-state index contributed by atoms with van der Waals surface area (Å²) in [5.41, 5.74) is 1.66. The van der Waals surface area contributed by atoms with E-state index in [1.807, 2.05) is 36.4 Å². The van der Waals surface area contributed by atoms with Crippen molar-refractivity contribution < 1.29 is 24.2 Å². The van der Waals surface area contributed by atoms with Crippen LogP contribution in [0.2, 0.25) is 0 Å². The first-order chi connectivity index (χ1) is 13.0. The van der Waals surface area contributed by atoms with Gasteiger partial charge in [0.15, 0.2) is 11.5 Å². The van der Waals surface area contributed by atoms with Crippen molar-refractivity contribution >= 4 is 11.9 Å². The maximum atomic E-state index is 12.9. The number of carboxylic acids is 1. The van der Waals surface area contributed by atoms with Gasteiger partial charge in [0.25, 0.3) is 0 Å². The number of carbonyl (C=O) groups excluding carboxylic acids is 1. The largest absolute Gasteiger partial charge is 0.493 e. The van der Waals surface area contributed by atoms with Crippen molar-refractivity contribution in [2.24, 2.45) is 5.92 Å². The average molecular weight is 369 g/mol. The quantitative estimate of drug-likeness (QED) is 0.847. The summed E-state index contributed by atoms with van der Waals surface area (Å²) in [5, 5.41) is 9.61. The number of likely N-dealkylation sites (tertiary alicyclic amines) is 1. The van der Waals surface area contributed by atoms with E-state index in [-0.39, 0.29) is 24.8 Å². The van der Waals surface area contributed by atoms with Gasteiger partial charge in [-0.3, -0.25) is 9.59 Å². The van der Waals surface area contributed by atoms with Gasteiger partial charge in [0.05, 0.1) is 26.6 Å². The van der Waals surface area contributed by atoms with E-state index in [2.05, 4.69) is 0 Å². The molecular weight excluding hydrogens is 346 g/mol. The van der Waals surface area contributed by atoms with Crippen molar-refractivity contribution in [2.75, 3.05) is 27.3 Å². The summed E-state index contributed by atoms with van der Waals surface area (Å²) in [6.45, 7) is 0.603. The molecule has 6 nitrogen and oxygen atoms in total. The summed E-state index contributed by atoms with van der Waals surface area (Å²) in [4.78, 5) is 26.2. The van der Waals surface area contributed by atoms with Crippen LogP contribution in [0.15, 0.2) is 48.5 Å². The molecule has 0 bridgehead atoms. The third-order valence-electron chi connectivity index (χ3n) is 5.04. The van der Waals surface area contributed by atoms with Gasteiger partial charge in [-0.25, -0.2) is 0 Å². The fourth-order valence-electron chi connectivity index (χ4n) is 3.66. The lowest BCUT2D eigenvalue weighted by molar-refractivity contribution is -0.141. The molecule has 2 atom stereocenters. The van der Waals surface area contributed by atoms with E-state index in [9.17, 15) is 14.7 Å². The highest BCUT2D eigenvalue weighted by Gasteiger charge is 2.40. The van der Waals surface area contributed by atoms with Gasteiger partial charge in [-0.05, 0) is 11.6 Å². The number of ether oxygens (including phenoxy) is 2. The zero-order valence-corrected chi connectivity index (χ0v) is 15.4. The lowest BCUT2D eigenvalue weighted by atomic mass is 9.89. The van der Waals surface area contributed by atoms with E-state index in [0.717, 1.165) is 11.1 Å². The second-order valence-electron chi connectivity index (χ2n) is 6.59. The number of aliphatic carboxylic acids is 1. The predicted octanol–water partition coefficient (Wildman–Crippen LogP) is 2.57. The van der Waals surface area contributed by atoms with Crippen LogP contribution >= 0.6 is 0 Å². The van der Waals surface area contributed by atoms with Gasteiger partial charge < -0.3 is 19.5 Å². The fraction of sp³-hybridized carbons (Fsp3) is 0.333. The first kappa shape index (κ1) is 18.8. The Morgan fingerprint density at radius 3 is 2.41 bits per heavy atom. The Morgan fingerprint density at radius 2 is 1.78 bits per heavy atom. The minimum atomic E-state index is -0.877. The molecule has 2 aromatic rings. The van der Waals surface area contributed by atoms with Crippen LogP contribution in [0.5, 0.6) is 11.5 Å². The summed E-state index contributed by atoms with van der Waals surface area (Å²) in [6, 6.07) is 14.9. The minimum absolute atomic E-state index is 0.119. The number of benzene rings is 2. The van der Waals surface area contributed by atoms with Crippen LogP contribution in [0.4, 0.5) is 0 Å². The van der Waals surface area contributed by atoms with E-state index in [1.165, 1.54) is 7.11 Å². The standard InChI is InChI=1S/C21H23NO5/c1-26-18-10-6-9-15(20(18)27-2)11-19(23)22-12-16(17(13-22)21(24)25)14-7-4-3-5-8-14/h3-10,16-17H,11-13H2,1-2H3,(H,24,25). The predicted molar refractivity (Wildman–Crippen MR) is 100 cm³/mol. The van der Waals surface area contributed by atoms with E-state index in [4.69, 9.17) is 9.47 Å². The smallest absolute Gasteiger partial charge is 0.308 e. The molecule has 3 rings (SSSR count). The molecule has 0 aromatic heterocycles. The maximum absolute atomic E-state index is 12.9. The van der Waals surface area contributed by atoms with Gasteiger partial charge in [-0.2, -0.15) is 0 Å². The molecule has 0 aliphatic carbocycles. The Kier molecular flexibility index (Phi) is 5.64. The molecule has 2 unspecified atom stereocenters. The highest BCUT2D eigenvalue weighted by atomic mass is 16.5. The Hall–Kier alpha value is -3.02. The first-order valence-corrected chi connectivity index (χ1v) is 8.80. The van der Waals surface area contributed by atoms with E-state index >= 15 is 0 Å². The normalized spacial score (nSPS) is 19.0. The SMILES string of the molecule is COc1cccc(CC(=O)N2CC(C(=O)O)C(c3ccccc3)C2)c1OC. The van der Waals surface area contributed by atoms with E-state index < -0.39 is 11.9 Å². The zero-order valence-electron chi connectivity index (χ0n) is 15.4. The van der Waals surface area contributed by atoms with Crippen LogP contribution in [-0.2, 0) is 16.0 Å². The second-order valence-corrected chi connectivity index (χ2v) is 6.59. The van der Waals surface area contributed by atoms with Crippen LogP contribution in [-0.4, -0.2) is 49.2 Å². The fourth-order valence-corrected chi connectivity index (χ4v) is 3.66.